The van der Waals surface area contributed by atoms with Crippen LogP contribution < -0.4 is 10.1 Å². The van der Waals surface area contributed by atoms with E-state index >= 15 is 0 Å². The summed E-state index contributed by atoms with van der Waals surface area (Å²) in [5.41, 5.74) is 0.832. The maximum absolute atomic E-state index is 11.4. The number of nitrogens with one attached hydrogen (secondary N) is 1. The number of benzene rings is 2. The Kier molecular flexibility index (Phi) is 6.45. The highest BCUT2D eigenvalue weighted by molar-refractivity contribution is 6.01. The summed E-state index contributed by atoms with van der Waals surface area (Å²) in [5.74, 6) is 1.41. The molecule has 0 aliphatic heterocycles. The van der Waals surface area contributed by atoms with E-state index in [2.05, 4.69) is 19.2 Å². The average molecular weight is 313 g/mol. The summed E-state index contributed by atoms with van der Waals surface area (Å²) < 4.78 is 6.01. The Morgan fingerprint density at radius 2 is 2.04 bits per heavy atom. The van der Waals surface area contributed by atoms with Crippen molar-refractivity contribution in [2.75, 3.05) is 11.9 Å². The van der Waals surface area contributed by atoms with Crippen molar-refractivity contribution in [2.45, 2.75) is 46.5 Å². The van der Waals surface area contributed by atoms with Gasteiger partial charge in [-0.05, 0) is 35.9 Å². The number of carbonyl (C=O) groups excluding carboxylic acids is 1. The zero-order valence-corrected chi connectivity index (χ0v) is 14.4. The van der Waals surface area contributed by atoms with Gasteiger partial charge in [0.15, 0.2) is 0 Å². The lowest BCUT2D eigenvalue weighted by Crippen LogP contribution is -2.11. The van der Waals surface area contributed by atoms with E-state index in [9.17, 15) is 4.79 Å². The third kappa shape index (κ3) is 4.98. The molecule has 23 heavy (non-hydrogen) atoms. The van der Waals surface area contributed by atoms with Gasteiger partial charge in [-0.25, -0.2) is 0 Å². The first-order chi connectivity index (χ1) is 11.1. The van der Waals surface area contributed by atoms with Gasteiger partial charge in [-0.2, -0.15) is 0 Å². The molecule has 3 nitrogen and oxygen atoms in total. The van der Waals surface area contributed by atoms with E-state index in [1.807, 2.05) is 36.4 Å². The molecule has 0 fully saturated rings. The normalized spacial score (nSPS) is 12.1. The van der Waals surface area contributed by atoms with E-state index < -0.39 is 0 Å². The molecular weight excluding hydrogens is 286 g/mol. The van der Waals surface area contributed by atoms with Crippen LogP contribution in [0.1, 0.15) is 46.5 Å². The predicted molar refractivity (Wildman–Crippen MR) is 97.1 cm³/mol. The lowest BCUT2D eigenvalue weighted by atomic mass is 10.0. The first kappa shape index (κ1) is 17.3. The van der Waals surface area contributed by atoms with Crippen LogP contribution in [0.15, 0.2) is 36.4 Å². The smallest absolute Gasteiger partial charge is 0.221 e. The summed E-state index contributed by atoms with van der Waals surface area (Å²) in [6, 6.07) is 12.0. The topological polar surface area (TPSA) is 38.3 Å². The maximum atomic E-state index is 11.4. The fraction of sp³-hybridized carbons (Fsp3) is 0.450. The highest BCUT2D eigenvalue weighted by Crippen LogP contribution is 2.28. The monoisotopic (exact) mass is 313 g/mol. The molecule has 0 bridgehead atoms. The zero-order chi connectivity index (χ0) is 16.7. The Morgan fingerprint density at radius 3 is 2.74 bits per heavy atom. The van der Waals surface area contributed by atoms with Crippen LogP contribution in [0, 0.1) is 5.92 Å². The van der Waals surface area contributed by atoms with Crippen LogP contribution in [0.25, 0.3) is 10.8 Å². The van der Waals surface area contributed by atoms with Crippen LogP contribution in [0.5, 0.6) is 5.75 Å². The minimum absolute atomic E-state index is 0.0607. The molecule has 1 amide bonds. The number of hydrogen-bond acceptors (Lipinski definition) is 2. The molecule has 1 unspecified atom stereocenters. The summed E-state index contributed by atoms with van der Waals surface area (Å²) in [6.07, 6.45) is 4.85. The number of ether oxygens (including phenoxy) is 1. The van der Waals surface area contributed by atoms with E-state index in [1.54, 1.807) is 0 Å². The molecule has 1 N–H and O–H groups in total. The highest BCUT2D eigenvalue weighted by atomic mass is 16.5. The van der Waals surface area contributed by atoms with Crippen molar-refractivity contribution in [1.82, 2.24) is 0 Å². The molecule has 0 aliphatic rings. The van der Waals surface area contributed by atoms with Gasteiger partial charge in [-0.3, -0.25) is 4.79 Å². The minimum atomic E-state index is -0.0607. The molecule has 124 valence electrons. The Bertz CT molecular complexity index is 651. The molecular formula is C20H27NO2. The molecule has 0 aromatic heterocycles. The van der Waals surface area contributed by atoms with E-state index in [0.29, 0.717) is 5.92 Å². The number of anilines is 1. The van der Waals surface area contributed by atoms with Crippen LogP contribution in [-0.4, -0.2) is 12.5 Å². The van der Waals surface area contributed by atoms with E-state index in [0.717, 1.165) is 35.2 Å². The lowest BCUT2D eigenvalue weighted by Gasteiger charge is -2.16. The molecule has 0 heterocycles. The summed E-state index contributed by atoms with van der Waals surface area (Å²) in [5, 5.41) is 5.00. The second-order valence-corrected chi connectivity index (χ2v) is 6.10. The molecule has 0 radical (unpaired) electrons. The standard InChI is InChI=1S/C20H27NO2/c1-4-6-8-16(5-2)14-23-18-12-11-17-9-7-10-20(19(17)13-18)21-15(3)22/h7,9-13,16H,4-6,8,14H2,1-3H3,(H,21,22). The van der Waals surface area contributed by atoms with E-state index in [4.69, 9.17) is 4.74 Å². The van der Waals surface area contributed by atoms with E-state index in [-0.39, 0.29) is 5.91 Å². The summed E-state index contributed by atoms with van der Waals surface area (Å²) in [6.45, 7) is 6.72. The van der Waals surface area contributed by atoms with Gasteiger partial charge in [-0.1, -0.05) is 51.3 Å². The Hall–Kier alpha value is -2.03. The molecule has 2 rings (SSSR count). The Morgan fingerprint density at radius 1 is 1.22 bits per heavy atom. The Labute approximate surface area is 139 Å². The first-order valence-corrected chi connectivity index (χ1v) is 8.57. The third-order valence-corrected chi connectivity index (χ3v) is 4.19. The van der Waals surface area contributed by atoms with Crippen molar-refractivity contribution in [3.05, 3.63) is 36.4 Å². The van der Waals surface area contributed by atoms with Crippen molar-refractivity contribution in [2.24, 2.45) is 5.92 Å². The van der Waals surface area contributed by atoms with Crippen molar-refractivity contribution in [3.63, 3.8) is 0 Å². The highest BCUT2D eigenvalue weighted by Gasteiger charge is 2.08. The number of amides is 1. The van der Waals surface area contributed by atoms with Crippen molar-refractivity contribution in [3.8, 4) is 5.75 Å². The van der Waals surface area contributed by atoms with E-state index in [1.165, 1.54) is 26.2 Å². The summed E-state index contributed by atoms with van der Waals surface area (Å²) >= 11 is 0. The van der Waals surface area contributed by atoms with Gasteiger partial charge in [0.25, 0.3) is 0 Å². The largest absolute Gasteiger partial charge is 0.493 e. The number of carbonyl (C=O) groups is 1. The second kappa shape index (κ2) is 8.56. The van der Waals surface area contributed by atoms with Gasteiger partial charge in [0.1, 0.15) is 5.75 Å². The first-order valence-electron chi connectivity index (χ1n) is 8.57. The van der Waals surface area contributed by atoms with Gasteiger partial charge >= 0.3 is 0 Å². The van der Waals surface area contributed by atoms with Crippen LogP contribution in [0.3, 0.4) is 0 Å². The van der Waals surface area contributed by atoms with Gasteiger partial charge < -0.3 is 10.1 Å². The second-order valence-electron chi connectivity index (χ2n) is 6.10. The SMILES string of the molecule is CCCCC(CC)COc1ccc2cccc(NC(C)=O)c2c1. The summed E-state index contributed by atoms with van der Waals surface area (Å²) in [7, 11) is 0. The minimum Gasteiger partial charge on any atom is -0.493 e. The van der Waals surface area contributed by atoms with Gasteiger partial charge in [0.05, 0.1) is 6.61 Å². The van der Waals surface area contributed by atoms with Crippen LogP contribution in [0.2, 0.25) is 0 Å². The number of hydrogen-bond donors (Lipinski definition) is 1. The summed E-state index contributed by atoms with van der Waals surface area (Å²) in [4.78, 5) is 11.4. The fourth-order valence-electron chi connectivity index (χ4n) is 2.75. The Balaban J connectivity index is 2.13. The lowest BCUT2D eigenvalue weighted by molar-refractivity contribution is -0.114. The molecule has 0 aliphatic carbocycles. The number of rotatable bonds is 8. The molecule has 0 spiro atoms. The van der Waals surface area contributed by atoms with Gasteiger partial charge in [0, 0.05) is 18.0 Å². The van der Waals surface area contributed by atoms with Crippen molar-refractivity contribution in [1.29, 1.82) is 0 Å². The molecule has 0 saturated heterocycles. The molecule has 0 saturated carbocycles. The van der Waals surface area contributed by atoms with Gasteiger partial charge in [0.2, 0.25) is 5.91 Å². The number of fused-ring (bicyclic) bond motifs is 1. The maximum Gasteiger partial charge on any atom is 0.221 e. The average Bonchev–Trinajstić information content (AvgIpc) is 2.55. The van der Waals surface area contributed by atoms with Gasteiger partial charge in [-0.15, -0.1) is 0 Å². The molecule has 2 aromatic carbocycles. The van der Waals surface area contributed by atoms with Crippen LogP contribution >= 0.6 is 0 Å². The molecule has 2 aromatic rings. The van der Waals surface area contributed by atoms with Crippen molar-refractivity contribution < 1.29 is 9.53 Å². The van der Waals surface area contributed by atoms with Crippen LogP contribution in [0.4, 0.5) is 5.69 Å². The predicted octanol–water partition coefficient (Wildman–Crippen LogP) is 5.39. The quantitative estimate of drug-likeness (QED) is 0.709. The fourth-order valence-corrected chi connectivity index (χ4v) is 2.75. The zero-order valence-electron chi connectivity index (χ0n) is 14.4. The van der Waals surface area contributed by atoms with Crippen molar-refractivity contribution >= 4 is 22.4 Å². The number of unbranched alkanes of at least 4 members (excludes halogenated alkanes) is 1. The third-order valence-electron chi connectivity index (χ3n) is 4.19. The molecule has 3 heteroatoms. The van der Waals surface area contributed by atoms with Crippen LogP contribution in [-0.2, 0) is 4.79 Å². The molecule has 1 atom stereocenters.